The van der Waals surface area contributed by atoms with Crippen LogP contribution < -0.4 is 16.4 Å². The second-order valence-corrected chi connectivity index (χ2v) is 7.25. The fraction of sp³-hybridized carbons (Fsp3) is 0.389. The molecule has 2 aromatic rings. The molecule has 26 heavy (non-hydrogen) atoms. The molecule has 4 N–H and O–H groups in total. The van der Waals surface area contributed by atoms with Gasteiger partial charge in [0.2, 0.25) is 11.8 Å². The van der Waals surface area contributed by atoms with Crippen molar-refractivity contribution in [1.82, 2.24) is 10.3 Å². The number of carbonyl (C=O) groups is 2. The van der Waals surface area contributed by atoms with E-state index >= 15 is 0 Å². The summed E-state index contributed by atoms with van der Waals surface area (Å²) in [4.78, 5) is 28.2. The molecule has 1 aromatic heterocycles. The lowest BCUT2D eigenvalue weighted by molar-refractivity contribution is -0.125. The minimum Gasteiger partial charge on any atom is -0.346 e. The van der Waals surface area contributed by atoms with Crippen LogP contribution in [0.3, 0.4) is 0 Å². The number of halogens is 1. The molecule has 2 amide bonds. The molecule has 0 spiro atoms. The average molecular weight is 397 g/mol. The van der Waals surface area contributed by atoms with Gasteiger partial charge in [0.05, 0.1) is 18.3 Å². The Balaban J connectivity index is 0.00000338. The number of anilines is 1. The highest BCUT2D eigenvalue weighted by molar-refractivity contribution is 7.14. The lowest BCUT2D eigenvalue weighted by Crippen LogP contribution is -2.46. The van der Waals surface area contributed by atoms with E-state index < -0.39 is 6.04 Å². The van der Waals surface area contributed by atoms with Crippen molar-refractivity contribution < 1.29 is 9.59 Å². The quantitative estimate of drug-likeness (QED) is 0.699. The van der Waals surface area contributed by atoms with Crippen LogP contribution in [-0.2, 0) is 9.59 Å². The molecule has 0 aliphatic carbocycles. The molecule has 0 unspecified atom stereocenters. The molecule has 142 valence electrons. The zero-order chi connectivity index (χ0) is 18.6. The Morgan fingerprint density at radius 2 is 1.96 bits per heavy atom. The monoisotopic (exact) mass is 396 g/mol. The predicted molar refractivity (Wildman–Crippen MR) is 109 cm³/mol. The van der Waals surface area contributed by atoms with E-state index in [1.165, 1.54) is 16.9 Å². The van der Waals surface area contributed by atoms with Gasteiger partial charge in [-0.15, -0.1) is 23.7 Å². The molecule has 1 heterocycles. The summed E-state index contributed by atoms with van der Waals surface area (Å²) in [5.41, 5.74) is 9.93. The molecule has 0 fully saturated rings. The number of rotatable bonds is 6. The van der Waals surface area contributed by atoms with Crippen LogP contribution in [0.4, 0.5) is 5.13 Å². The number of benzene rings is 1. The summed E-state index contributed by atoms with van der Waals surface area (Å²) >= 11 is 1.35. The molecule has 0 radical (unpaired) electrons. The highest BCUT2D eigenvalue weighted by atomic mass is 35.5. The highest BCUT2D eigenvalue weighted by Gasteiger charge is 2.18. The number of aryl methyl sites for hydroxylation is 2. The number of carbonyl (C=O) groups excluding carboxylic acids is 2. The lowest BCUT2D eigenvalue weighted by atomic mass is 10.0. The van der Waals surface area contributed by atoms with Gasteiger partial charge >= 0.3 is 0 Å². The topological polar surface area (TPSA) is 97.1 Å². The minimum absolute atomic E-state index is 0. The molecule has 6 nitrogen and oxygen atoms in total. The fourth-order valence-electron chi connectivity index (χ4n) is 2.31. The molecule has 2 rings (SSSR count). The molecule has 8 heteroatoms. The summed E-state index contributed by atoms with van der Waals surface area (Å²) in [6.45, 7) is 7.66. The second kappa shape index (κ2) is 9.66. The summed E-state index contributed by atoms with van der Waals surface area (Å²) in [7, 11) is 0. The van der Waals surface area contributed by atoms with Gasteiger partial charge in [0.25, 0.3) is 0 Å². The number of amides is 2. The normalized spacial score (nSPS) is 11.6. The number of thiazole rings is 1. The van der Waals surface area contributed by atoms with Crippen molar-refractivity contribution in [2.45, 2.75) is 33.7 Å². The van der Waals surface area contributed by atoms with Crippen LogP contribution in [-0.4, -0.2) is 29.4 Å². The number of aromatic nitrogens is 1. The van der Waals surface area contributed by atoms with Gasteiger partial charge in [0, 0.05) is 10.9 Å². The largest absolute Gasteiger partial charge is 0.346 e. The van der Waals surface area contributed by atoms with Crippen molar-refractivity contribution in [2.24, 2.45) is 11.7 Å². The number of nitrogens with two attached hydrogens (primary N) is 1. The number of hydrogen-bond donors (Lipinski definition) is 3. The smallest absolute Gasteiger partial charge is 0.245 e. The molecule has 1 aromatic carbocycles. The Kier molecular flexibility index (Phi) is 8.20. The van der Waals surface area contributed by atoms with Crippen molar-refractivity contribution in [2.75, 3.05) is 11.9 Å². The Hall–Kier alpha value is -1.96. The van der Waals surface area contributed by atoms with Gasteiger partial charge in [0.15, 0.2) is 5.13 Å². The summed E-state index contributed by atoms with van der Waals surface area (Å²) in [5.74, 6) is -0.645. The van der Waals surface area contributed by atoms with Crippen LogP contribution in [0.15, 0.2) is 23.6 Å². The van der Waals surface area contributed by atoms with E-state index in [4.69, 9.17) is 5.73 Å². The second-order valence-electron chi connectivity index (χ2n) is 6.39. The highest BCUT2D eigenvalue weighted by Crippen LogP contribution is 2.27. The first kappa shape index (κ1) is 22.1. The first-order valence-electron chi connectivity index (χ1n) is 8.14. The Morgan fingerprint density at radius 3 is 2.58 bits per heavy atom. The summed E-state index contributed by atoms with van der Waals surface area (Å²) in [6, 6.07) is 5.54. The number of nitrogens with zero attached hydrogens (tertiary/aromatic N) is 1. The van der Waals surface area contributed by atoms with E-state index in [2.05, 4.69) is 21.7 Å². The van der Waals surface area contributed by atoms with Gasteiger partial charge in [-0.25, -0.2) is 4.98 Å². The summed E-state index contributed by atoms with van der Waals surface area (Å²) in [5, 5.41) is 7.64. The van der Waals surface area contributed by atoms with Crippen LogP contribution in [0.2, 0.25) is 0 Å². The zero-order valence-corrected chi connectivity index (χ0v) is 17.0. The third-order valence-electron chi connectivity index (χ3n) is 3.85. The zero-order valence-electron chi connectivity index (χ0n) is 15.3. The van der Waals surface area contributed by atoms with Crippen LogP contribution in [0.5, 0.6) is 0 Å². The van der Waals surface area contributed by atoms with E-state index in [1.807, 2.05) is 45.2 Å². The average Bonchev–Trinajstić information content (AvgIpc) is 2.99. The van der Waals surface area contributed by atoms with Crippen molar-refractivity contribution in [3.8, 4) is 11.3 Å². The molecule has 0 aliphatic rings. The van der Waals surface area contributed by atoms with E-state index in [0.29, 0.717) is 5.13 Å². The molecule has 1 atom stereocenters. The molecule has 0 saturated carbocycles. The number of hydrogen-bond acceptors (Lipinski definition) is 5. The van der Waals surface area contributed by atoms with Crippen molar-refractivity contribution in [3.63, 3.8) is 0 Å². The summed E-state index contributed by atoms with van der Waals surface area (Å²) in [6.07, 6.45) is 0. The molecular formula is C18H25ClN4O2S. The molecule has 0 saturated heterocycles. The molecule has 0 aliphatic heterocycles. The van der Waals surface area contributed by atoms with Crippen molar-refractivity contribution >= 4 is 40.7 Å². The van der Waals surface area contributed by atoms with E-state index in [9.17, 15) is 9.59 Å². The van der Waals surface area contributed by atoms with Gasteiger partial charge < -0.3 is 16.4 Å². The maximum atomic E-state index is 12.0. The standard InChI is InChI=1S/C18H24N4O2S.ClH/c1-10(2)16(19)17(24)20-8-15(23)22-18-21-14(9-25-18)13-6-5-11(3)7-12(13)4;/h5-7,9-10,16H,8,19H2,1-4H3,(H,20,24)(H,21,22,23);1H/t16-;/m0./s1. The lowest BCUT2D eigenvalue weighted by Gasteiger charge is -2.14. The van der Waals surface area contributed by atoms with Crippen molar-refractivity contribution in [3.05, 3.63) is 34.7 Å². The fourth-order valence-corrected chi connectivity index (χ4v) is 3.03. The van der Waals surface area contributed by atoms with Crippen LogP contribution in [0, 0.1) is 19.8 Å². The Labute approximate surface area is 164 Å². The van der Waals surface area contributed by atoms with Crippen LogP contribution in [0.25, 0.3) is 11.3 Å². The molecular weight excluding hydrogens is 372 g/mol. The maximum absolute atomic E-state index is 12.0. The van der Waals surface area contributed by atoms with Gasteiger partial charge in [-0.3, -0.25) is 9.59 Å². The van der Waals surface area contributed by atoms with Gasteiger partial charge in [-0.05, 0) is 25.3 Å². The predicted octanol–water partition coefficient (Wildman–Crippen LogP) is 2.89. The van der Waals surface area contributed by atoms with Crippen molar-refractivity contribution in [1.29, 1.82) is 0 Å². The minimum atomic E-state index is -0.622. The Bertz CT molecular complexity index is 776. The SMILES string of the molecule is Cc1ccc(-c2csc(NC(=O)CNC(=O)[C@@H](N)C(C)C)n2)c(C)c1.Cl. The first-order valence-corrected chi connectivity index (χ1v) is 9.02. The van der Waals surface area contributed by atoms with Gasteiger partial charge in [0.1, 0.15) is 0 Å². The maximum Gasteiger partial charge on any atom is 0.245 e. The third kappa shape index (κ3) is 5.79. The molecule has 0 bridgehead atoms. The van der Waals surface area contributed by atoms with Gasteiger partial charge in [-0.2, -0.15) is 0 Å². The number of nitrogens with one attached hydrogen (secondary N) is 2. The van der Waals surface area contributed by atoms with E-state index in [0.717, 1.165) is 16.8 Å². The first-order chi connectivity index (χ1) is 11.8. The summed E-state index contributed by atoms with van der Waals surface area (Å²) < 4.78 is 0. The van der Waals surface area contributed by atoms with E-state index in [1.54, 1.807) is 0 Å². The third-order valence-corrected chi connectivity index (χ3v) is 4.61. The van der Waals surface area contributed by atoms with Crippen LogP contribution >= 0.6 is 23.7 Å². The van der Waals surface area contributed by atoms with Gasteiger partial charge in [-0.1, -0.05) is 37.6 Å². The van der Waals surface area contributed by atoms with E-state index in [-0.39, 0.29) is 36.7 Å². The van der Waals surface area contributed by atoms with Crippen LogP contribution in [0.1, 0.15) is 25.0 Å². The Morgan fingerprint density at radius 1 is 1.27 bits per heavy atom.